The third kappa shape index (κ3) is 21.4. The van der Waals surface area contributed by atoms with Crippen LogP contribution < -0.4 is 59.3 Å². The van der Waals surface area contributed by atoms with Crippen LogP contribution in [0.5, 0.6) is 5.75 Å². The summed E-state index contributed by atoms with van der Waals surface area (Å²) in [4.78, 5) is 162. The maximum Gasteiger partial charge on any atom is 0.245 e. The molecule has 2 aliphatic rings. The number of likely N-dealkylation sites (tertiary alicyclic amines) is 1. The van der Waals surface area contributed by atoms with Gasteiger partial charge in [0.05, 0.1) is 25.0 Å². The average molecular weight is 1340 g/mol. The van der Waals surface area contributed by atoms with Gasteiger partial charge in [-0.3, -0.25) is 52.9 Å². The normalized spacial score (nSPS) is 16.4. The van der Waals surface area contributed by atoms with Gasteiger partial charge in [0.25, 0.3) is 0 Å². The number of aromatic amines is 2. The van der Waals surface area contributed by atoms with E-state index in [1.807, 2.05) is 50.2 Å². The van der Waals surface area contributed by atoms with E-state index in [0.29, 0.717) is 59.3 Å². The Morgan fingerprint density at radius 1 is 0.701 bits per heavy atom. The van der Waals surface area contributed by atoms with Gasteiger partial charge in [-0.1, -0.05) is 81.9 Å². The number of aliphatic hydroxyl groups excluding tert-OH is 1. The second-order valence-electron chi connectivity index (χ2n) is 24.4. The van der Waals surface area contributed by atoms with Gasteiger partial charge < -0.3 is 89.0 Å². The van der Waals surface area contributed by atoms with Crippen LogP contribution >= 0.6 is 0 Å². The molecule has 9 atom stereocenters. The van der Waals surface area contributed by atoms with E-state index < -0.39 is 108 Å². The van der Waals surface area contributed by atoms with E-state index in [0.717, 1.165) is 5.56 Å². The second kappa shape index (κ2) is 35.7. The molecule has 0 saturated carbocycles. The number of nitrogens with zero attached hydrogens (tertiary/aromatic N) is 5. The zero-order chi connectivity index (χ0) is 68.8. The van der Waals surface area contributed by atoms with Gasteiger partial charge >= 0.3 is 0 Å². The van der Waals surface area contributed by atoms with Crippen molar-refractivity contribution in [2.75, 3.05) is 26.2 Å². The number of fused-ring (bicyclic) bond motifs is 1. The van der Waals surface area contributed by atoms with Crippen LogP contribution in [0.4, 0.5) is 0 Å². The molecule has 30 heteroatoms. The predicted molar refractivity (Wildman–Crippen MR) is 359 cm³/mol. The molecule has 6 aromatic rings. The highest BCUT2D eigenvalue weighted by Gasteiger charge is 2.40. The van der Waals surface area contributed by atoms with Crippen molar-refractivity contribution < 1.29 is 58.2 Å². The topological polar surface area (TPSA) is 449 Å². The minimum atomic E-state index is -1.79. The van der Waals surface area contributed by atoms with Crippen molar-refractivity contribution in [2.45, 2.75) is 160 Å². The van der Waals surface area contributed by atoms with Crippen LogP contribution in [-0.4, -0.2) is 185 Å². The van der Waals surface area contributed by atoms with Crippen molar-refractivity contribution >= 4 is 75.9 Å². The number of aromatic hydroxyl groups is 1. The van der Waals surface area contributed by atoms with E-state index in [1.165, 1.54) is 41.7 Å². The fourth-order valence-corrected chi connectivity index (χ4v) is 11.6. The van der Waals surface area contributed by atoms with E-state index in [4.69, 9.17) is 11.5 Å². The lowest BCUT2D eigenvalue weighted by molar-refractivity contribution is -0.142. The Morgan fingerprint density at radius 3 is 1.96 bits per heavy atom. The number of H-pyrrole nitrogens is 2. The van der Waals surface area contributed by atoms with Gasteiger partial charge in [0.1, 0.15) is 60.1 Å². The first-order valence-corrected chi connectivity index (χ1v) is 32.2. The van der Waals surface area contributed by atoms with E-state index >= 15 is 9.59 Å². The fourth-order valence-electron chi connectivity index (χ4n) is 11.6. The number of hydrogen-bond acceptors (Lipinski definition) is 15. The molecule has 8 rings (SSSR count). The minimum Gasteiger partial charge on any atom is -0.508 e. The minimum absolute atomic E-state index is 0. The number of para-hydroxylation sites is 1. The Kier molecular flexibility index (Phi) is 27.2. The maximum atomic E-state index is 15.1. The first kappa shape index (κ1) is 73.8. The number of aromatic nitrogens is 5. The summed E-state index contributed by atoms with van der Waals surface area (Å²) in [6.45, 7) is 5.50. The number of nitrogens with one attached hydrogen (secondary N) is 11. The van der Waals surface area contributed by atoms with Crippen molar-refractivity contribution in [2.24, 2.45) is 22.4 Å². The number of nitrogens with two attached hydrogens (primary N) is 2. The van der Waals surface area contributed by atoms with Crippen LogP contribution in [0.25, 0.3) is 10.9 Å². The molecule has 0 unspecified atom stereocenters. The first-order chi connectivity index (χ1) is 46.1. The SMILES string of the molecule is C.CCNC(=O)[C@@H]1CCCN1C(=O)[C@H](CCCN=C(N)N)NC(=O)[C@H](CC(C)C)NC(=O)[C@@H](Cc1cn(Cc2ccccc2)cn1)NC(=O)[C@H](Cc1ccc(O)cc1)NC(=O)[C@H](CO)NC(=O)[C@H](Cc1c[nH]c2ccccc12)NC(=O)[C@H](Cc1cnc[nH]1)NC(=O)[C@@H]1CCC(=O)N1. The summed E-state index contributed by atoms with van der Waals surface area (Å²) in [5, 5.41) is 46.3. The summed E-state index contributed by atoms with van der Waals surface area (Å²) in [6, 6.07) is 10.5. The number of phenols is 1. The largest absolute Gasteiger partial charge is 0.508 e. The van der Waals surface area contributed by atoms with Gasteiger partial charge in [0.2, 0.25) is 59.1 Å². The third-order valence-corrected chi connectivity index (χ3v) is 16.5. The number of phenolic OH excluding ortho intramolecular Hbond substituents is 1. The number of aliphatic hydroxyl groups is 1. The Bertz CT molecular complexity index is 3680. The molecular formula is C67H90N18O12. The van der Waals surface area contributed by atoms with Crippen molar-refractivity contribution in [3.63, 3.8) is 0 Å². The Morgan fingerprint density at radius 2 is 1.32 bits per heavy atom. The molecule has 520 valence electrons. The van der Waals surface area contributed by atoms with Crippen LogP contribution in [0.1, 0.15) is 101 Å². The van der Waals surface area contributed by atoms with E-state index in [2.05, 4.69) is 72.8 Å². The highest BCUT2D eigenvalue weighted by Crippen LogP contribution is 2.23. The summed E-state index contributed by atoms with van der Waals surface area (Å²) in [5.41, 5.74) is 14.6. The summed E-state index contributed by atoms with van der Waals surface area (Å²) in [6.07, 6.45) is 8.49. The average Bonchev–Trinajstić information content (AvgIpc) is 1.77. The molecule has 3 aromatic carbocycles. The molecule has 30 nitrogen and oxygen atoms in total. The molecule has 0 aliphatic carbocycles. The van der Waals surface area contributed by atoms with Crippen molar-refractivity contribution in [1.82, 2.24) is 77.3 Å². The molecular weight excluding hydrogens is 1250 g/mol. The number of carbonyl (C=O) groups excluding carboxylic acids is 10. The number of guanidine groups is 1. The van der Waals surface area contributed by atoms with Crippen LogP contribution in [0.2, 0.25) is 0 Å². The summed E-state index contributed by atoms with van der Waals surface area (Å²) in [5.74, 6) is -7.72. The monoisotopic (exact) mass is 1340 g/mol. The summed E-state index contributed by atoms with van der Waals surface area (Å²) in [7, 11) is 0. The number of benzene rings is 3. The zero-order valence-corrected chi connectivity index (χ0v) is 53.8. The third-order valence-electron chi connectivity index (χ3n) is 16.5. The Labute approximate surface area is 561 Å². The molecule has 0 bridgehead atoms. The lowest BCUT2D eigenvalue weighted by atomic mass is 10.0. The molecule has 0 radical (unpaired) electrons. The molecule has 2 saturated heterocycles. The van der Waals surface area contributed by atoms with Gasteiger partial charge in [0, 0.05) is 93.5 Å². The number of carbonyl (C=O) groups is 10. The van der Waals surface area contributed by atoms with Gasteiger partial charge in [-0.25, -0.2) is 9.97 Å². The zero-order valence-electron chi connectivity index (χ0n) is 53.8. The second-order valence-corrected chi connectivity index (χ2v) is 24.4. The molecule has 17 N–H and O–H groups in total. The number of amides is 10. The highest BCUT2D eigenvalue weighted by atomic mass is 16.3. The molecule has 2 aliphatic heterocycles. The number of hydrogen-bond donors (Lipinski definition) is 15. The molecule has 3 aromatic heterocycles. The molecule has 2 fully saturated rings. The van der Waals surface area contributed by atoms with E-state index in [-0.39, 0.29) is 108 Å². The Hall–Kier alpha value is -10.7. The van der Waals surface area contributed by atoms with E-state index in [9.17, 15) is 48.6 Å². The smallest absolute Gasteiger partial charge is 0.245 e. The molecule has 5 heterocycles. The summed E-state index contributed by atoms with van der Waals surface area (Å²) >= 11 is 0. The number of imidazole rings is 2. The van der Waals surface area contributed by atoms with Crippen LogP contribution in [0, 0.1) is 5.92 Å². The lowest BCUT2D eigenvalue weighted by Gasteiger charge is -2.30. The van der Waals surface area contributed by atoms with E-state index in [1.54, 1.807) is 48.4 Å². The number of likely N-dealkylation sites (N-methyl/N-ethyl adjacent to an activating group) is 1. The van der Waals surface area contributed by atoms with Crippen LogP contribution in [0.15, 0.2) is 115 Å². The first-order valence-electron chi connectivity index (χ1n) is 32.2. The lowest BCUT2D eigenvalue weighted by Crippen LogP contribution is -2.61. The van der Waals surface area contributed by atoms with Gasteiger partial charge in [-0.2, -0.15) is 0 Å². The number of rotatable bonds is 34. The van der Waals surface area contributed by atoms with Crippen LogP contribution in [0.3, 0.4) is 0 Å². The van der Waals surface area contributed by atoms with Crippen molar-refractivity contribution in [1.29, 1.82) is 0 Å². The predicted octanol–water partition coefficient (Wildman–Crippen LogP) is -0.361. The Balaban J connectivity index is 0.0000133. The van der Waals surface area contributed by atoms with Crippen molar-refractivity contribution in [3.05, 3.63) is 138 Å². The van der Waals surface area contributed by atoms with Crippen LogP contribution in [-0.2, 0) is 80.2 Å². The van der Waals surface area contributed by atoms with Crippen molar-refractivity contribution in [3.8, 4) is 5.75 Å². The molecule has 10 amide bonds. The van der Waals surface area contributed by atoms with Gasteiger partial charge in [0.15, 0.2) is 5.96 Å². The molecule has 97 heavy (non-hydrogen) atoms. The van der Waals surface area contributed by atoms with Gasteiger partial charge in [-0.05, 0) is 86.3 Å². The highest BCUT2D eigenvalue weighted by molar-refractivity contribution is 5.99. The summed E-state index contributed by atoms with van der Waals surface area (Å²) < 4.78 is 1.78. The number of aliphatic imine (C=N–C) groups is 1. The fraction of sp³-hybridized carbons (Fsp3) is 0.448. The molecule has 0 spiro atoms. The quantitative estimate of drug-likeness (QED) is 0.0139. The van der Waals surface area contributed by atoms with Gasteiger partial charge in [-0.15, -0.1) is 0 Å². The maximum absolute atomic E-state index is 15.1. The standard InChI is InChI=1S/C66H86N18O12.CH4/c1-4-70-64(95)55-17-11-25-84(55)65(96)48(16-10-24-71-66(67)68)76-58(89)49(26-38(2)3)77-62(93)53(30-43-34-83(37-74-43)33-40-12-6-5-7-13-40)81-59(90)50(27-39-18-20-44(86)21-19-39)78-63(94)54(35-85)82-60(91)51(28-41-31-72-46-15-9-8-14-45(41)46)79-61(92)52(29-42-32-69-36-73-42)80-57(88)47-22-23-56(87)75-47;/h5-9,12-15,18-21,31-32,34,36-38,47-55,72,85-86H,4,10-11,16-17,22-30,33,35H2,1-3H3,(H,69,73)(H,70,95)(H,75,87)(H,76,89)(H,77,93)(H,78,94)(H,79,92)(H,80,88)(H,81,90)(H,82,91)(H4,67,68,71);1H4/t47-,48-,49-,50-,51-,52-,53+,54-,55-;/m0./s1.